The van der Waals surface area contributed by atoms with Gasteiger partial charge in [0.15, 0.2) is 40.5 Å². The summed E-state index contributed by atoms with van der Waals surface area (Å²) in [5, 5.41) is 0. The first-order valence-corrected chi connectivity index (χ1v) is 14.0. The molecule has 0 aliphatic heterocycles. The highest BCUT2D eigenvalue weighted by Gasteiger charge is 2.44. The molecule has 7 heteroatoms. The fourth-order valence-corrected chi connectivity index (χ4v) is 5.48. The van der Waals surface area contributed by atoms with Crippen LogP contribution in [0.25, 0.3) is 0 Å². The van der Waals surface area contributed by atoms with Gasteiger partial charge in [-0.05, 0) is 48.9 Å². The van der Waals surface area contributed by atoms with E-state index in [4.69, 9.17) is 0 Å². The van der Waals surface area contributed by atoms with Gasteiger partial charge < -0.3 is 0 Å². The highest BCUT2D eigenvalue weighted by molar-refractivity contribution is 6.37. The van der Waals surface area contributed by atoms with Crippen molar-refractivity contribution < 1.29 is 33.6 Å². The molecule has 2 aliphatic rings. The number of rotatable bonds is 12. The fraction of sp³-hybridized carbons (Fsp3) is 0.424. The van der Waals surface area contributed by atoms with Crippen LogP contribution in [0.4, 0.5) is 0 Å². The van der Waals surface area contributed by atoms with Crippen LogP contribution < -0.4 is 0 Å². The van der Waals surface area contributed by atoms with Crippen LogP contribution in [0.1, 0.15) is 124 Å². The summed E-state index contributed by atoms with van der Waals surface area (Å²) in [6, 6.07) is 8.25. The summed E-state index contributed by atoms with van der Waals surface area (Å²) < 4.78 is 0. The monoisotopic (exact) mass is 542 g/mol. The molecular formula is C33H34O7. The Morgan fingerprint density at radius 1 is 0.575 bits per heavy atom. The number of fused-ring (bicyclic) bond motifs is 2. The van der Waals surface area contributed by atoms with Crippen molar-refractivity contribution >= 4 is 40.5 Å². The second-order valence-corrected chi connectivity index (χ2v) is 11.7. The Bertz CT molecular complexity index is 1340. The molecule has 2 aromatic carbocycles. The van der Waals surface area contributed by atoms with E-state index in [-0.39, 0.29) is 46.2 Å². The minimum Gasteiger partial charge on any atom is -0.298 e. The molecule has 40 heavy (non-hydrogen) atoms. The highest BCUT2D eigenvalue weighted by atomic mass is 16.2. The Kier molecular flexibility index (Phi) is 8.52. The smallest absolute Gasteiger partial charge is 0.193 e. The normalized spacial score (nSPS) is 18.1. The summed E-state index contributed by atoms with van der Waals surface area (Å²) in [4.78, 5) is 90.5. The lowest BCUT2D eigenvalue weighted by Crippen LogP contribution is -2.25. The summed E-state index contributed by atoms with van der Waals surface area (Å²) in [5.74, 6) is -5.54. The van der Waals surface area contributed by atoms with Crippen LogP contribution in [0, 0.1) is 23.7 Å². The van der Waals surface area contributed by atoms with Crippen LogP contribution in [-0.4, -0.2) is 40.5 Å². The van der Waals surface area contributed by atoms with Crippen LogP contribution in [0.3, 0.4) is 0 Å². The van der Waals surface area contributed by atoms with Crippen molar-refractivity contribution in [2.75, 3.05) is 0 Å². The van der Waals surface area contributed by atoms with Gasteiger partial charge in [-0.2, -0.15) is 0 Å². The van der Waals surface area contributed by atoms with E-state index in [9.17, 15) is 33.6 Å². The number of benzene rings is 2. The number of hydrogen-bond acceptors (Lipinski definition) is 7. The van der Waals surface area contributed by atoms with Gasteiger partial charge in [0.2, 0.25) is 0 Å². The van der Waals surface area contributed by atoms with Gasteiger partial charge in [-0.15, -0.1) is 0 Å². The van der Waals surface area contributed by atoms with E-state index in [0.717, 1.165) is 12.8 Å². The maximum Gasteiger partial charge on any atom is 0.193 e. The third-order valence-corrected chi connectivity index (χ3v) is 7.73. The first-order chi connectivity index (χ1) is 18.9. The minimum absolute atomic E-state index is 0.0394. The van der Waals surface area contributed by atoms with Crippen molar-refractivity contribution in [3.8, 4) is 0 Å². The SMILES string of the molecule is CC(C)CCCC(=O)C1C(=O)c2ccc(C(=O)c3ccc4c(c3)C(=O)C(C(=O)CCCC(C)C)C4=O)cc2C1=O. The summed E-state index contributed by atoms with van der Waals surface area (Å²) in [6.07, 6.45) is 3.10. The van der Waals surface area contributed by atoms with Crippen LogP contribution in [0.5, 0.6) is 0 Å². The summed E-state index contributed by atoms with van der Waals surface area (Å²) in [7, 11) is 0. The Morgan fingerprint density at radius 2 is 0.925 bits per heavy atom. The molecule has 2 atom stereocenters. The maximum atomic E-state index is 13.3. The van der Waals surface area contributed by atoms with Gasteiger partial charge in [0.1, 0.15) is 11.8 Å². The van der Waals surface area contributed by atoms with Gasteiger partial charge in [-0.25, -0.2) is 0 Å². The molecule has 0 saturated heterocycles. The van der Waals surface area contributed by atoms with E-state index < -0.39 is 52.3 Å². The van der Waals surface area contributed by atoms with Crippen molar-refractivity contribution in [3.05, 3.63) is 69.8 Å². The molecule has 0 heterocycles. The zero-order valence-corrected chi connectivity index (χ0v) is 23.4. The van der Waals surface area contributed by atoms with Crippen molar-refractivity contribution in [1.82, 2.24) is 0 Å². The first-order valence-electron chi connectivity index (χ1n) is 14.0. The van der Waals surface area contributed by atoms with E-state index in [1.165, 1.54) is 36.4 Å². The van der Waals surface area contributed by atoms with Crippen molar-refractivity contribution in [1.29, 1.82) is 0 Å². The minimum atomic E-state index is -1.37. The molecule has 0 aromatic heterocycles. The molecule has 0 bridgehead atoms. The van der Waals surface area contributed by atoms with Crippen molar-refractivity contribution in [2.24, 2.45) is 23.7 Å². The molecule has 7 nitrogen and oxygen atoms in total. The standard InChI is InChI=1S/C33H34O7/c1-17(2)7-5-9-25(34)27-30(37)21-13-11-19(15-23(21)32(27)39)29(36)20-12-14-22-24(16-20)33(40)28(31(22)38)26(35)10-6-8-18(3)4/h11-18,27-28H,5-10H2,1-4H3. The molecule has 0 spiro atoms. The topological polar surface area (TPSA) is 119 Å². The second kappa shape index (κ2) is 11.7. The molecule has 0 fully saturated rings. The molecule has 208 valence electrons. The van der Waals surface area contributed by atoms with E-state index in [1.807, 2.05) is 27.7 Å². The Labute approximate surface area is 233 Å². The van der Waals surface area contributed by atoms with E-state index >= 15 is 0 Å². The third-order valence-electron chi connectivity index (χ3n) is 7.73. The van der Waals surface area contributed by atoms with Gasteiger partial charge in [0.05, 0.1) is 0 Å². The average molecular weight is 543 g/mol. The Hall–Kier alpha value is -3.87. The van der Waals surface area contributed by atoms with E-state index in [0.29, 0.717) is 24.7 Å². The maximum absolute atomic E-state index is 13.3. The number of carbonyl (C=O) groups excluding carboxylic acids is 7. The Balaban J connectivity index is 1.52. The number of ketones is 7. The number of hydrogen-bond donors (Lipinski definition) is 0. The number of carbonyl (C=O) groups is 7. The van der Waals surface area contributed by atoms with Crippen molar-refractivity contribution in [3.63, 3.8) is 0 Å². The summed E-state index contributed by atoms with van der Waals surface area (Å²) in [6.45, 7) is 8.14. The average Bonchev–Trinajstić information content (AvgIpc) is 3.31. The zero-order chi connectivity index (χ0) is 29.3. The molecule has 0 saturated carbocycles. The van der Waals surface area contributed by atoms with Crippen LogP contribution >= 0.6 is 0 Å². The molecule has 0 N–H and O–H groups in total. The summed E-state index contributed by atoms with van der Waals surface area (Å²) >= 11 is 0. The molecule has 2 aromatic rings. The van der Waals surface area contributed by atoms with Crippen LogP contribution in [0.2, 0.25) is 0 Å². The molecular weight excluding hydrogens is 508 g/mol. The van der Waals surface area contributed by atoms with Gasteiger partial charge in [-0.1, -0.05) is 52.7 Å². The third kappa shape index (κ3) is 5.55. The van der Waals surface area contributed by atoms with Crippen molar-refractivity contribution in [2.45, 2.75) is 66.2 Å². The lowest BCUT2D eigenvalue weighted by molar-refractivity contribution is -0.121. The predicted octanol–water partition coefficient (Wildman–Crippen LogP) is 5.70. The molecule has 2 aliphatic carbocycles. The van der Waals surface area contributed by atoms with Crippen LogP contribution in [-0.2, 0) is 9.59 Å². The molecule has 0 radical (unpaired) electrons. The van der Waals surface area contributed by atoms with Gasteiger partial charge >= 0.3 is 0 Å². The van der Waals surface area contributed by atoms with E-state index in [2.05, 4.69) is 0 Å². The Morgan fingerprint density at radius 3 is 1.27 bits per heavy atom. The second-order valence-electron chi connectivity index (χ2n) is 11.7. The summed E-state index contributed by atoms with van der Waals surface area (Å²) in [5.41, 5.74) is 0.557. The zero-order valence-electron chi connectivity index (χ0n) is 23.4. The lowest BCUT2D eigenvalue weighted by atomic mass is 9.93. The van der Waals surface area contributed by atoms with Crippen LogP contribution in [0.15, 0.2) is 36.4 Å². The highest BCUT2D eigenvalue weighted by Crippen LogP contribution is 2.32. The molecule has 2 unspecified atom stereocenters. The molecule has 0 amide bonds. The lowest BCUT2D eigenvalue weighted by Gasteiger charge is -2.07. The largest absolute Gasteiger partial charge is 0.298 e. The van der Waals surface area contributed by atoms with E-state index in [1.54, 1.807) is 0 Å². The fourth-order valence-electron chi connectivity index (χ4n) is 5.48. The quantitative estimate of drug-likeness (QED) is 0.249. The predicted molar refractivity (Wildman–Crippen MR) is 148 cm³/mol. The van der Waals surface area contributed by atoms with Gasteiger partial charge in [0, 0.05) is 46.2 Å². The molecule has 4 rings (SSSR count). The first kappa shape index (κ1) is 29.1. The van der Waals surface area contributed by atoms with Gasteiger partial charge in [0.25, 0.3) is 0 Å². The van der Waals surface area contributed by atoms with Gasteiger partial charge in [-0.3, -0.25) is 33.6 Å². The number of Topliss-reactive ketones (excluding diaryl/α,β-unsaturated/α-hetero) is 6.